The first kappa shape index (κ1) is 19.7. The van der Waals surface area contributed by atoms with Gasteiger partial charge in [-0.1, -0.05) is 35.4 Å². The van der Waals surface area contributed by atoms with Gasteiger partial charge in [-0.05, 0) is 67.7 Å². The van der Waals surface area contributed by atoms with Gasteiger partial charge < -0.3 is 14.8 Å². The standard InChI is InChI=1S/C24H20ClN5S/c1-16-7-10-18(11-8-16)30-23(22(28-24(30)31)19-5-2-3-13-26-19)20-6-4-14-29(20)21-12-9-17(25)15-27-21/h2-15,22-23H,1H3,(H,28,31)/t22-,23+/m1/s1. The van der Waals surface area contributed by atoms with Crippen molar-refractivity contribution in [1.82, 2.24) is 19.9 Å². The molecule has 4 aromatic rings. The van der Waals surface area contributed by atoms with E-state index in [1.807, 2.05) is 48.8 Å². The minimum absolute atomic E-state index is 0.113. The van der Waals surface area contributed by atoms with Crippen LogP contribution in [0.5, 0.6) is 0 Å². The largest absolute Gasteiger partial charge is 0.351 e. The molecule has 0 aliphatic carbocycles. The molecule has 1 aromatic carbocycles. The summed E-state index contributed by atoms with van der Waals surface area (Å²) in [7, 11) is 0. The van der Waals surface area contributed by atoms with Crippen LogP contribution in [-0.4, -0.2) is 19.6 Å². The Morgan fingerprint density at radius 1 is 0.968 bits per heavy atom. The van der Waals surface area contributed by atoms with Gasteiger partial charge in [0.2, 0.25) is 0 Å². The molecule has 1 N–H and O–H groups in total. The summed E-state index contributed by atoms with van der Waals surface area (Å²) in [4.78, 5) is 11.3. The zero-order valence-corrected chi connectivity index (χ0v) is 18.4. The van der Waals surface area contributed by atoms with Crippen LogP contribution < -0.4 is 10.2 Å². The van der Waals surface area contributed by atoms with Crippen molar-refractivity contribution < 1.29 is 0 Å². The molecule has 2 atom stereocenters. The Labute approximate surface area is 191 Å². The van der Waals surface area contributed by atoms with E-state index in [0.717, 1.165) is 22.9 Å². The maximum atomic E-state index is 6.06. The zero-order valence-electron chi connectivity index (χ0n) is 16.8. The first-order valence-electron chi connectivity index (χ1n) is 9.98. The van der Waals surface area contributed by atoms with Gasteiger partial charge in [0.25, 0.3) is 0 Å². The lowest BCUT2D eigenvalue weighted by molar-refractivity contribution is 0.548. The molecule has 3 aromatic heterocycles. The highest BCUT2D eigenvalue weighted by Gasteiger charge is 2.42. The van der Waals surface area contributed by atoms with Crippen molar-refractivity contribution in [2.75, 3.05) is 4.90 Å². The fourth-order valence-electron chi connectivity index (χ4n) is 3.99. The highest BCUT2D eigenvalue weighted by Crippen LogP contribution is 2.42. The van der Waals surface area contributed by atoms with Gasteiger partial charge in [-0.15, -0.1) is 0 Å². The van der Waals surface area contributed by atoms with E-state index in [1.165, 1.54) is 5.56 Å². The van der Waals surface area contributed by atoms with Crippen molar-refractivity contribution in [2.24, 2.45) is 0 Å². The van der Waals surface area contributed by atoms with E-state index in [1.54, 1.807) is 6.20 Å². The quantitative estimate of drug-likeness (QED) is 0.426. The first-order valence-corrected chi connectivity index (χ1v) is 10.8. The molecule has 154 valence electrons. The van der Waals surface area contributed by atoms with Crippen LogP contribution >= 0.6 is 23.8 Å². The summed E-state index contributed by atoms with van der Waals surface area (Å²) in [5, 5.41) is 4.77. The average Bonchev–Trinajstić information content (AvgIpc) is 3.40. The van der Waals surface area contributed by atoms with E-state index in [-0.39, 0.29) is 12.1 Å². The van der Waals surface area contributed by atoms with Crippen molar-refractivity contribution in [3.8, 4) is 5.82 Å². The number of benzene rings is 1. The molecule has 0 amide bonds. The topological polar surface area (TPSA) is 46.0 Å². The van der Waals surface area contributed by atoms with Crippen LogP contribution in [0.25, 0.3) is 5.82 Å². The highest BCUT2D eigenvalue weighted by molar-refractivity contribution is 7.80. The van der Waals surface area contributed by atoms with Gasteiger partial charge in [0.1, 0.15) is 11.9 Å². The number of thiocarbonyl (C=S) groups is 1. The lowest BCUT2D eigenvalue weighted by Crippen LogP contribution is -2.30. The Morgan fingerprint density at radius 2 is 1.81 bits per heavy atom. The molecule has 5 rings (SSSR count). The molecular formula is C24H20ClN5S. The summed E-state index contributed by atoms with van der Waals surface area (Å²) in [6.07, 6.45) is 5.48. The molecule has 0 unspecified atom stereocenters. The van der Waals surface area contributed by atoms with Gasteiger partial charge >= 0.3 is 0 Å². The second-order valence-electron chi connectivity index (χ2n) is 7.47. The second kappa shape index (κ2) is 8.13. The molecule has 1 saturated heterocycles. The maximum Gasteiger partial charge on any atom is 0.174 e. The number of hydrogen-bond acceptors (Lipinski definition) is 3. The summed E-state index contributed by atoms with van der Waals surface area (Å²) in [5.74, 6) is 0.797. The van der Waals surface area contributed by atoms with Crippen LogP contribution in [0, 0.1) is 6.92 Å². The third-order valence-electron chi connectivity index (χ3n) is 5.45. The van der Waals surface area contributed by atoms with Crippen molar-refractivity contribution in [1.29, 1.82) is 0 Å². The van der Waals surface area contributed by atoms with E-state index >= 15 is 0 Å². The van der Waals surface area contributed by atoms with Gasteiger partial charge in [0.05, 0.1) is 16.8 Å². The Morgan fingerprint density at radius 3 is 2.52 bits per heavy atom. The van der Waals surface area contributed by atoms with E-state index < -0.39 is 0 Å². The van der Waals surface area contributed by atoms with Crippen LogP contribution in [-0.2, 0) is 0 Å². The zero-order chi connectivity index (χ0) is 21.4. The summed E-state index contributed by atoms with van der Waals surface area (Å²) in [6.45, 7) is 2.08. The number of halogens is 1. The molecule has 1 aliphatic rings. The second-order valence-corrected chi connectivity index (χ2v) is 8.29. The molecule has 1 fully saturated rings. The minimum atomic E-state index is -0.115. The lowest BCUT2D eigenvalue weighted by atomic mass is 10.0. The Bertz CT molecular complexity index is 1200. The molecule has 31 heavy (non-hydrogen) atoms. The average molecular weight is 446 g/mol. The van der Waals surface area contributed by atoms with Gasteiger partial charge in [0, 0.05) is 30.0 Å². The van der Waals surface area contributed by atoms with Crippen molar-refractivity contribution in [3.05, 3.63) is 107 Å². The fraction of sp³-hybridized carbons (Fsp3) is 0.125. The lowest BCUT2D eigenvalue weighted by Gasteiger charge is -2.29. The number of nitrogens with one attached hydrogen (secondary N) is 1. The van der Waals surface area contributed by atoms with Crippen molar-refractivity contribution >= 4 is 34.6 Å². The number of hydrogen-bond donors (Lipinski definition) is 1. The highest BCUT2D eigenvalue weighted by atomic mass is 35.5. The van der Waals surface area contributed by atoms with Crippen molar-refractivity contribution in [2.45, 2.75) is 19.0 Å². The van der Waals surface area contributed by atoms with E-state index in [9.17, 15) is 0 Å². The monoisotopic (exact) mass is 445 g/mol. The predicted molar refractivity (Wildman–Crippen MR) is 128 cm³/mol. The predicted octanol–water partition coefficient (Wildman–Crippen LogP) is 5.41. The first-order chi connectivity index (χ1) is 15.1. The SMILES string of the molecule is Cc1ccc(N2C(=S)N[C@H](c3ccccn3)[C@@H]2c2cccn2-c2ccc(Cl)cn2)cc1. The smallest absolute Gasteiger partial charge is 0.174 e. The van der Waals surface area contributed by atoms with Gasteiger partial charge in [-0.2, -0.15) is 0 Å². The number of nitrogens with zero attached hydrogens (tertiary/aromatic N) is 4. The number of aryl methyl sites for hydroxylation is 1. The summed E-state index contributed by atoms with van der Waals surface area (Å²) < 4.78 is 2.08. The van der Waals surface area contributed by atoms with Crippen LogP contribution in [0.1, 0.15) is 29.0 Å². The number of aromatic nitrogens is 3. The molecule has 1 aliphatic heterocycles. The number of anilines is 1. The molecule has 0 spiro atoms. The Kier molecular flexibility index (Phi) is 5.18. The maximum absolute atomic E-state index is 6.06. The summed E-state index contributed by atoms with van der Waals surface area (Å²) in [5.41, 5.74) is 4.22. The molecule has 0 radical (unpaired) electrons. The Balaban J connectivity index is 1.66. The van der Waals surface area contributed by atoms with Crippen LogP contribution in [0.3, 0.4) is 0 Å². The molecule has 0 bridgehead atoms. The fourth-order valence-corrected chi connectivity index (χ4v) is 4.45. The van der Waals surface area contributed by atoms with Crippen molar-refractivity contribution in [3.63, 3.8) is 0 Å². The van der Waals surface area contributed by atoms with Gasteiger partial charge in [-0.3, -0.25) is 4.98 Å². The van der Waals surface area contributed by atoms with Crippen LogP contribution in [0.2, 0.25) is 5.02 Å². The molecule has 5 nitrogen and oxygen atoms in total. The van der Waals surface area contributed by atoms with Gasteiger partial charge in [-0.25, -0.2) is 4.98 Å². The molecule has 7 heteroatoms. The normalized spacial score (nSPS) is 18.3. The number of rotatable bonds is 4. The third-order valence-corrected chi connectivity index (χ3v) is 5.99. The van der Waals surface area contributed by atoms with Crippen LogP contribution in [0.4, 0.5) is 5.69 Å². The summed E-state index contributed by atoms with van der Waals surface area (Å²) >= 11 is 11.9. The van der Waals surface area contributed by atoms with E-state index in [2.05, 4.69) is 62.0 Å². The minimum Gasteiger partial charge on any atom is -0.351 e. The van der Waals surface area contributed by atoms with E-state index in [4.69, 9.17) is 23.8 Å². The molecule has 0 saturated carbocycles. The Hall–Kier alpha value is -3.22. The summed E-state index contributed by atoms with van der Waals surface area (Å²) in [6, 6.07) is 22.0. The third kappa shape index (κ3) is 3.69. The molecular weight excluding hydrogens is 426 g/mol. The van der Waals surface area contributed by atoms with Gasteiger partial charge in [0.15, 0.2) is 5.11 Å². The van der Waals surface area contributed by atoms with Crippen LogP contribution in [0.15, 0.2) is 85.3 Å². The molecule has 4 heterocycles. The number of pyridine rings is 2. The van der Waals surface area contributed by atoms with E-state index in [0.29, 0.717) is 10.1 Å².